The van der Waals surface area contributed by atoms with Crippen molar-refractivity contribution >= 4 is 39.9 Å². The molecular weight excluding hydrogens is 424 g/mol. The molecule has 0 aliphatic carbocycles. The Balaban J connectivity index is 1.32. The van der Waals surface area contributed by atoms with Gasteiger partial charge in [-0.1, -0.05) is 6.07 Å². The van der Waals surface area contributed by atoms with Crippen LogP contribution < -0.4 is 10.6 Å². The largest absolute Gasteiger partial charge is 0.347 e. The zero-order valence-electron chi connectivity index (χ0n) is 16.8. The third-order valence-corrected chi connectivity index (χ3v) is 5.87. The molecule has 0 saturated carbocycles. The molecule has 0 spiro atoms. The van der Waals surface area contributed by atoms with E-state index < -0.39 is 0 Å². The number of aromatic nitrogens is 4. The van der Waals surface area contributed by atoms with E-state index in [1.54, 1.807) is 54.2 Å². The minimum Gasteiger partial charge on any atom is -0.347 e. The zero-order chi connectivity index (χ0) is 21.9. The Labute approximate surface area is 186 Å². The molecule has 3 aromatic heterocycles. The van der Waals surface area contributed by atoms with Crippen LogP contribution in [0.1, 0.15) is 25.6 Å². The number of aromatic amines is 1. The fraction of sp³-hybridized carbons (Fsp3) is 0.0435. The number of fused-ring (bicyclic) bond motifs is 1. The number of amides is 2. The highest BCUT2D eigenvalue weighted by molar-refractivity contribution is 7.09. The lowest BCUT2D eigenvalue weighted by Crippen LogP contribution is -2.22. The van der Waals surface area contributed by atoms with Gasteiger partial charge < -0.3 is 15.2 Å². The number of benzene rings is 2. The van der Waals surface area contributed by atoms with Gasteiger partial charge in [0.1, 0.15) is 0 Å². The Bertz CT molecular complexity index is 1370. The molecule has 158 valence electrons. The second kappa shape index (κ2) is 8.48. The first-order valence-electron chi connectivity index (χ1n) is 9.86. The number of hydrogen-bond donors (Lipinski definition) is 3. The van der Waals surface area contributed by atoms with Crippen molar-refractivity contribution in [1.29, 1.82) is 0 Å². The van der Waals surface area contributed by atoms with Crippen LogP contribution in [0.4, 0.5) is 5.82 Å². The molecule has 9 heteroatoms. The average Bonchev–Trinajstić information content (AvgIpc) is 3.60. The van der Waals surface area contributed by atoms with Gasteiger partial charge in [0.25, 0.3) is 11.8 Å². The molecule has 0 saturated heterocycles. The molecule has 32 heavy (non-hydrogen) atoms. The highest BCUT2D eigenvalue weighted by Gasteiger charge is 2.14. The number of carbonyl (C=O) groups is 2. The van der Waals surface area contributed by atoms with E-state index in [1.807, 2.05) is 40.4 Å². The first-order chi connectivity index (χ1) is 15.7. The van der Waals surface area contributed by atoms with Crippen LogP contribution in [-0.4, -0.2) is 31.6 Å². The molecule has 0 fully saturated rings. The van der Waals surface area contributed by atoms with Gasteiger partial charge in [0.15, 0.2) is 5.82 Å². The minimum atomic E-state index is -0.289. The number of nitrogens with one attached hydrogen (secondary N) is 3. The molecule has 8 nitrogen and oxygen atoms in total. The molecule has 0 unspecified atom stereocenters. The van der Waals surface area contributed by atoms with Crippen molar-refractivity contribution in [3.8, 4) is 5.69 Å². The van der Waals surface area contributed by atoms with Crippen molar-refractivity contribution in [2.24, 2.45) is 0 Å². The Kier molecular flexibility index (Phi) is 5.22. The van der Waals surface area contributed by atoms with Crippen molar-refractivity contribution in [2.45, 2.75) is 6.54 Å². The standard InChI is InChI=1S/C23H18N6O2S/c30-22(25-13-18-2-1-11-32-18)16-5-8-20-19(12-16)21(28-27-20)26-23(31)15-3-6-17(7-4-15)29-10-9-24-14-29/h1-12,14H,13H2,(H,25,30)(H2,26,27,28,31). The summed E-state index contributed by atoms with van der Waals surface area (Å²) in [5.41, 5.74) is 2.62. The maximum absolute atomic E-state index is 12.7. The summed E-state index contributed by atoms with van der Waals surface area (Å²) in [6, 6.07) is 16.3. The maximum atomic E-state index is 12.7. The number of imidazole rings is 1. The highest BCUT2D eigenvalue weighted by atomic mass is 32.1. The lowest BCUT2D eigenvalue weighted by molar-refractivity contribution is 0.0950. The Morgan fingerprint density at radius 3 is 2.62 bits per heavy atom. The summed E-state index contributed by atoms with van der Waals surface area (Å²) in [6.45, 7) is 0.471. The average molecular weight is 443 g/mol. The molecular formula is C23H18N6O2S. The van der Waals surface area contributed by atoms with Crippen molar-refractivity contribution in [2.75, 3.05) is 5.32 Å². The SMILES string of the molecule is O=C(NCc1cccs1)c1ccc2[nH]nc(NC(=O)c3ccc(-n4ccnc4)cc3)c2c1. The molecule has 5 aromatic rings. The van der Waals surface area contributed by atoms with Crippen LogP contribution in [0, 0.1) is 0 Å². The fourth-order valence-corrected chi connectivity index (χ4v) is 3.95. The minimum absolute atomic E-state index is 0.186. The summed E-state index contributed by atoms with van der Waals surface area (Å²) < 4.78 is 1.86. The lowest BCUT2D eigenvalue weighted by atomic mass is 10.1. The summed E-state index contributed by atoms with van der Waals surface area (Å²) in [5, 5.41) is 15.5. The lowest BCUT2D eigenvalue weighted by Gasteiger charge is -2.06. The van der Waals surface area contributed by atoms with Crippen molar-refractivity contribution in [3.63, 3.8) is 0 Å². The van der Waals surface area contributed by atoms with Gasteiger partial charge in [-0.3, -0.25) is 14.7 Å². The van der Waals surface area contributed by atoms with Gasteiger partial charge in [-0.2, -0.15) is 5.10 Å². The van der Waals surface area contributed by atoms with E-state index in [-0.39, 0.29) is 11.8 Å². The molecule has 5 rings (SSSR count). The van der Waals surface area contributed by atoms with Crippen molar-refractivity contribution < 1.29 is 9.59 Å². The Morgan fingerprint density at radius 2 is 1.88 bits per heavy atom. The number of nitrogens with zero attached hydrogens (tertiary/aromatic N) is 3. The molecule has 2 amide bonds. The summed E-state index contributed by atoms with van der Waals surface area (Å²) in [6.07, 6.45) is 5.22. The molecule has 0 atom stereocenters. The molecule has 2 aromatic carbocycles. The van der Waals surface area contributed by atoms with Crippen LogP contribution in [0.5, 0.6) is 0 Å². The van der Waals surface area contributed by atoms with E-state index in [1.165, 1.54) is 0 Å². The van der Waals surface area contributed by atoms with E-state index in [9.17, 15) is 9.59 Å². The van der Waals surface area contributed by atoms with Gasteiger partial charge in [0.2, 0.25) is 0 Å². The van der Waals surface area contributed by atoms with E-state index in [2.05, 4.69) is 25.8 Å². The number of hydrogen-bond acceptors (Lipinski definition) is 5. The summed E-state index contributed by atoms with van der Waals surface area (Å²) in [5.74, 6) is -0.103. The third-order valence-electron chi connectivity index (χ3n) is 4.99. The highest BCUT2D eigenvalue weighted by Crippen LogP contribution is 2.23. The molecule has 3 N–H and O–H groups in total. The monoisotopic (exact) mass is 442 g/mol. The van der Waals surface area contributed by atoms with Gasteiger partial charge in [0, 0.05) is 39.5 Å². The van der Waals surface area contributed by atoms with Crippen LogP contribution in [0.15, 0.2) is 78.7 Å². The number of rotatable bonds is 6. The first-order valence-corrected chi connectivity index (χ1v) is 10.7. The zero-order valence-corrected chi connectivity index (χ0v) is 17.6. The Hall–Kier alpha value is -4.24. The van der Waals surface area contributed by atoms with Crippen LogP contribution in [-0.2, 0) is 6.54 Å². The summed E-state index contributed by atoms with van der Waals surface area (Å²) in [4.78, 5) is 30.4. The number of carbonyl (C=O) groups excluding carboxylic acids is 2. The van der Waals surface area contributed by atoms with E-state index in [4.69, 9.17) is 0 Å². The predicted molar refractivity (Wildman–Crippen MR) is 123 cm³/mol. The quantitative estimate of drug-likeness (QED) is 0.370. The molecule has 3 heterocycles. The smallest absolute Gasteiger partial charge is 0.256 e. The fourth-order valence-electron chi connectivity index (χ4n) is 3.31. The predicted octanol–water partition coefficient (Wildman–Crippen LogP) is 3.99. The second-order valence-corrected chi connectivity index (χ2v) is 8.10. The van der Waals surface area contributed by atoms with Crippen LogP contribution in [0.3, 0.4) is 0 Å². The summed E-state index contributed by atoms with van der Waals surface area (Å²) >= 11 is 1.59. The van der Waals surface area contributed by atoms with E-state index in [0.29, 0.717) is 28.9 Å². The number of thiophene rings is 1. The van der Waals surface area contributed by atoms with E-state index >= 15 is 0 Å². The van der Waals surface area contributed by atoms with Gasteiger partial charge in [0.05, 0.1) is 18.4 Å². The topological polar surface area (TPSA) is 105 Å². The van der Waals surface area contributed by atoms with Gasteiger partial charge >= 0.3 is 0 Å². The molecule has 0 bridgehead atoms. The summed E-state index contributed by atoms with van der Waals surface area (Å²) in [7, 11) is 0. The molecule has 0 aliphatic heterocycles. The van der Waals surface area contributed by atoms with Crippen LogP contribution in [0.2, 0.25) is 0 Å². The normalized spacial score (nSPS) is 10.9. The van der Waals surface area contributed by atoms with Gasteiger partial charge in [-0.15, -0.1) is 11.3 Å². The van der Waals surface area contributed by atoms with E-state index in [0.717, 1.165) is 16.1 Å². The van der Waals surface area contributed by atoms with Crippen LogP contribution >= 0.6 is 11.3 Å². The first kappa shape index (κ1) is 19.7. The van der Waals surface area contributed by atoms with Crippen LogP contribution in [0.25, 0.3) is 16.6 Å². The molecule has 0 aliphatic rings. The number of anilines is 1. The number of H-pyrrole nitrogens is 1. The van der Waals surface area contributed by atoms with Gasteiger partial charge in [-0.05, 0) is 53.9 Å². The maximum Gasteiger partial charge on any atom is 0.256 e. The van der Waals surface area contributed by atoms with Gasteiger partial charge in [-0.25, -0.2) is 4.98 Å². The molecule has 0 radical (unpaired) electrons. The second-order valence-electron chi connectivity index (χ2n) is 7.07. The van der Waals surface area contributed by atoms with Crippen molar-refractivity contribution in [3.05, 3.63) is 94.7 Å². The Morgan fingerprint density at radius 1 is 1.03 bits per heavy atom. The third kappa shape index (κ3) is 4.01. The van der Waals surface area contributed by atoms with Crippen molar-refractivity contribution in [1.82, 2.24) is 25.1 Å².